The number of nitrogens with zero attached hydrogens (tertiary/aromatic N) is 3. The van der Waals surface area contributed by atoms with Crippen molar-refractivity contribution in [3.63, 3.8) is 0 Å². The largest absolute Gasteiger partial charge is 0.457 e. The Bertz CT molecular complexity index is 1240. The molecule has 0 amide bonds. The number of ether oxygens (including phenoxy) is 1. The Labute approximate surface area is 174 Å². The summed E-state index contributed by atoms with van der Waals surface area (Å²) < 4.78 is 6.05. The van der Waals surface area contributed by atoms with Gasteiger partial charge >= 0.3 is 0 Å². The number of aromatic nitrogens is 2. The molecule has 0 radical (unpaired) electrons. The monoisotopic (exact) mass is 393 g/mol. The fourth-order valence-electron chi connectivity index (χ4n) is 3.27. The Hall–Kier alpha value is -4.04. The number of aryl methyl sites for hydroxylation is 1. The molecule has 4 aromatic rings. The Balaban J connectivity index is 1.49. The van der Waals surface area contributed by atoms with Crippen LogP contribution in [-0.2, 0) is 17.6 Å². The van der Waals surface area contributed by atoms with Crippen molar-refractivity contribution in [3.8, 4) is 11.5 Å². The van der Waals surface area contributed by atoms with Gasteiger partial charge in [0.05, 0.1) is 12.1 Å². The number of carbonyl (C=O) groups is 1. The predicted molar refractivity (Wildman–Crippen MR) is 116 cm³/mol. The maximum atomic E-state index is 12.3. The van der Waals surface area contributed by atoms with Gasteiger partial charge in [0.15, 0.2) is 5.69 Å². The molecule has 146 valence electrons. The molecule has 0 bridgehead atoms. The summed E-state index contributed by atoms with van der Waals surface area (Å²) in [6.07, 6.45) is 4.06. The maximum absolute atomic E-state index is 12.3. The molecule has 0 saturated carbocycles. The quantitative estimate of drug-likeness (QED) is 0.398. The van der Waals surface area contributed by atoms with E-state index in [2.05, 4.69) is 14.8 Å². The van der Waals surface area contributed by atoms with E-state index in [9.17, 15) is 4.79 Å². The van der Waals surface area contributed by atoms with Crippen LogP contribution in [0.4, 0.5) is 5.69 Å². The van der Waals surface area contributed by atoms with Gasteiger partial charge in [-0.1, -0.05) is 18.2 Å². The molecule has 5 heteroatoms. The number of hydrogen-bond acceptors (Lipinski definition) is 4. The summed E-state index contributed by atoms with van der Waals surface area (Å²) in [5.74, 6) is 1.42. The van der Waals surface area contributed by atoms with Crippen LogP contribution in [0, 0.1) is 13.5 Å². The van der Waals surface area contributed by atoms with E-state index in [1.54, 1.807) is 18.5 Å². The van der Waals surface area contributed by atoms with Crippen molar-refractivity contribution >= 4 is 22.4 Å². The molecular weight excluding hydrogens is 374 g/mol. The average Bonchev–Trinajstić information content (AvgIpc) is 2.75. The summed E-state index contributed by atoms with van der Waals surface area (Å²) in [6, 6.07) is 18.5. The first kappa shape index (κ1) is 19.3. The lowest BCUT2D eigenvalue weighted by Crippen LogP contribution is -2.07. The number of fused-ring (bicyclic) bond motifs is 1. The minimum atomic E-state index is 0.115. The molecule has 0 saturated heterocycles. The first-order chi connectivity index (χ1) is 14.6. The Morgan fingerprint density at radius 3 is 2.57 bits per heavy atom. The first-order valence-corrected chi connectivity index (χ1v) is 9.57. The third kappa shape index (κ3) is 4.34. The highest BCUT2D eigenvalue weighted by atomic mass is 16.5. The van der Waals surface area contributed by atoms with Gasteiger partial charge in [0, 0.05) is 36.3 Å². The van der Waals surface area contributed by atoms with Crippen molar-refractivity contribution in [2.45, 2.75) is 19.8 Å². The standard InChI is InChI=1S/C25H19N3O2/c1-17-13-24-22(16-23(17)26-2)25(10-12-28-24)30-21-8-6-18(7-9-21)14-20(29)15-19-5-3-4-11-27-19/h3-13,16H,14-15H2,1H3. The minimum absolute atomic E-state index is 0.115. The van der Waals surface area contributed by atoms with E-state index in [0.717, 1.165) is 27.7 Å². The summed E-state index contributed by atoms with van der Waals surface area (Å²) in [5.41, 5.74) is 3.97. The second-order valence-electron chi connectivity index (χ2n) is 7.04. The topological polar surface area (TPSA) is 56.4 Å². The van der Waals surface area contributed by atoms with Crippen LogP contribution in [0.5, 0.6) is 11.5 Å². The molecule has 2 heterocycles. The zero-order valence-corrected chi connectivity index (χ0v) is 16.5. The van der Waals surface area contributed by atoms with Crippen molar-refractivity contribution in [2.75, 3.05) is 0 Å². The SMILES string of the molecule is [C-]#[N+]c1cc2c(Oc3ccc(CC(=O)Cc4ccccn4)cc3)ccnc2cc1C. The number of carbonyl (C=O) groups excluding carboxylic acids is 1. The van der Waals surface area contributed by atoms with E-state index in [1.807, 2.05) is 61.5 Å². The predicted octanol–water partition coefficient (Wildman–Crippen LogP) is 5.64. The molecule has 0 aliphatic carbocycles. The number of hydrogen-bond donors (Lipinski definition) is 0. The highest BCUT2D eigenvalue weighted by molar-refractivity contribution is 5.89. The van der Waals surface area contributed by atoms with Crippen molar-refractivity contribution in [3.05, 3.63) is 101 Å². The summed E-state index contributed by atoms with van der Waals surface area (Å²) in [7, 11) is 0. The smallest absolute Gasteiger partial charge is 0.191 e. The lowest BCUT2D eigenvalue weighted by Gasteiger charge is -2.10. The summed E-state index contributed by atoms with van der Waals surface area (Å²) in [5, 5.41) is 0.795. The Morgan fingerprint density at radius 2 is 1.83 bits per heavy atom. The van der Waals surface area contributed by atoms with Crippen LogP contribution in [0.3, 0.4) is 0 Å². The summed E-state index contributed by atoms with van der Waals surface area (Å²) in [6.45, 7) is 9.23. The molecule has 0 N–H and O–H groups in total. The molecule has 4 rings (SSSR count). The summed E-state index contributed by atoms with van der Waals surface area (Å²) in [4.78, 5) is 24.4. The van der Waals surface area contributed by atoms with E-state index in [1.165, 1.54) is 0 Å². The molecule has 0 aliphatic heterocycles. The van der Waals surface area contributed by atoms with E-state index in [-0.39, 0.29) is 5.78 Å². The normalized spacial score (nSPS) is 10.5. The van der Waals surface area contributed by atoms with Crippen molar-refractivity contribution in [1.82, 2.24) is 9.97 Å². The fraction of sp³-hybridized carbons (Fsp3) is 0.120. The number of rotatable bonds is 6. The van der Waals surface area contributed by atoms with Gasteiger partial charge < -0.3 is 4.74 Å². The number of ketones is 1. The molecular formula is C25H19N3O2. The third-order valence-corrected chi connectivity index (χ3v) is 4.80. The van der Waals surface area contributed by atoms with E-state index in [0.29, 0.717) is 30.0 Å². The van der Waals surface area contributed by atoms with E-state index < -0.39 is 0 Å². The van der Waals surface area contributed by atoms with Crippen LogP contribution in [-0.4, -0.2) is 15.8 Å². The number of benzene rings is 2. The minimum Gasteiger partial charge on any atom is -0.457 e. The lowest BCUT2D eigenvalue weighted by molar-refractivity contribution is -0.117. The van der Waals surface area contributed by atoms with Gasteiger partial charge in [0.1, 0.15) is 17.3 Å². The van der Waals surface area contributed by atoms with Crippen LogP contribution in [0.15, 0.2) is 73.1 Å². The molecule has 5 nitrogen and oxygen atoms in total. The molecule has 0 fully saturated rings. The van der Waals surface area contributed by atoms with Gasteiger partial charge in [0.2, 0.25) is 0 Å². The van der Waals surface area contributed by atoms with E-state index in [4.69, 9.17) is 11.3 Å². The highest BCUT2D eigenvalue weighted by Crippen LogP contribution is 2.33. The maximum Gasteiger partial charge on any atom is 0.191 e. The zero-order valence-electron chi connectivity index (χ0n) is 16.5. The second-order valence-corrected chi connectivity index (χ2v) is 7.04. The molecule has 30 heavy (non-hydrogen) atoms. The zero-order chi connectivity index (χ0) is 20.9. The van der Waals surface area contributed by atoms with Gasteiger partial charge in [-0.3, -0.25) is 14.8 Å². The van der Waals surface area contributed by atoms with Crippen molar-refractivity contribution in [1.29, 1.82) is 0 Å². The Kier molecular flexibility index (Phi) is 5.49. The third-order valence-electron chi connectivity index (χ3n) is 4.80. The van der Waals surface area contributed by atoms with Gasteiger partial charge in [-0.05, 0) is 60.5 Å². The van der Waals surface area contributed by atoms with Gasteiger partial charge in [-0.2, -0.15) is 0 Å². The molecule has 0 unspecified atom stereocenters. The van der Waals surface area contributed by atoms with Crippen LogP contribution >= 0.6 is 0 Å². The molecule has 0 atom stereocenters. The van der Waals surface area contributed by atoms with Crippen LogP contribution in [0.2, 0.25) is 0 Å². The average molecular weight is 393 g/mol. The van der Waals surface area contributed by atoms with Crippen LogP contribution in [0.1, 0.15) is 16.8 Å². The first-order valence-electron chi connectivity index (χ1n) is 9.57. The van der Waals surface area contributed by atoms with Crippen molar-refractivity contribution < 1.29 is 9.53 Å². The molecule has 2 aromatic heterocycles. The molecule has 2 aromatic carbocycles. The molecule has 0 aliphatic rings. The lowest BCUT2D eigenvalue weighted by atomic mass is 10.1. The second kappa shape index (κ2) is 8.54. The van der Waals surface area contributed by atoms with E-state index >= 15 is 0 Å². The summed E-state index contributed by atoms with van der Waals surface area (Å²) >= 11 is 0. The fourth-order valence-corrected chi connectivity index (χ4v) is 3.27. The number of pyridine rings is 2. The molecule has 0 spiro atoms. The van der Waals surface area contributed by atoms with Gasteiger partial charge in [-0.15, -0.1) is 0 Å². The van der Waals surface area contributed by atoms with Crippen molar-refractivity contribution in [2.24, 2.45) is 0 Å². The number of Topliss-reactive ketones (excluding diaryl/α,β-unsaturated/α-hetero) is 1. The Morgan fingerprint density at radius 1 is 1.00 bits per heavy atom. The van der Waals surface area contributed by atoms with Crippen LogP contribution < -0.4 is 4.74 Å². The van der Waals surface area contributed by atoms with Gasteiger partial charge in [-0.25, -0.2) is 4.85 Å². The van der Waals surface area contributed by atoms with Gasteiger partial charge in [0.25, 0.3) is 0 Å². The van der Waals surface area contributed by atoms with Crippen LogP contribution in [0.25, 0.3) is 15.7 Å². The highest BCUT2D eigenvalue weighted by Gasteiger charge is 2.10.